The number of halogens is 3. The number of nitrogens with zero attached hydrogens (tertiary/aromatic N) is 1. The molecule has 3 rings (SSSR count). The average molecular weight is 446 g/mol. The Morgan fingerprint density at radius 1 is 1.06 bits per heavy atom. The summed E-state index contributed by atoms with van der Waals surface area (Å²) in [6, 6.07) is 11.4. The first-order valence-electron chi connectivity index (χ1n) is 9.67. The lowest BCUT2D eigenvalue weighted by Gasteiger charge is -2.37. The molecule has 10 heteroatoms. The Balaban J connectivity index is 1.57. The van der Waals surface area contributed by atoms with E-state index in [4.69, 9.17) is 12.2 Å². The number of nitrogens with two attached hydrogens (primary N) is 1. The minimum Gasteiger partial charge on any atom is -0.406 e. The van der Waals surface area contributed by atoms with Crippen LogP contribution in [-0.2, 0) is 4.79 Å². The van der Waals surface area contributed by atoms with Gasteiger partial charge >= 0.3 is 12.4 Å². The van der Waals surface area contributed by atoms with E-state index in [9.17, 15) is 22.8 Å². The standard InChI is InChI=1S/C22H21F3N4O3/c1-2-15-5-3-6-16(13-15)28-20(31)29-11-9-21(26,10-12-29)19(30)27-17-7-4-8-18(14-17)32-22(23,24)25/h1,3-8,13-14H,9-12,26H2,(H,27,30)(H,28,31). The van der Waals surface area contributed by atoms with Gasteiger partial charge in [-0.15, -0.1) is 19.6 Å². The molecule has 1 fully saturated rings. The van der Waals surface area contributed by atoms with E-state index in [2.05, 4.69) is 21.3 Å². The van der Waals surface area contributed by atoms with E-state index in [1.807, 2.05) is 0 Å². The van der Waals surface area contributed by atoms with Crippen LogP contribution in [0.25, 0.3) is 0 Å². The van der Waals surface area contributed by atoms with E-state index in [0.717, 1.165) is 12.1 Å². The number of anilines is 2. The van der Waals surface area contributed by atoms with Gasteiger partial charge < -0.3 is 26.0 Å². The van der Waals surface area contributed by atoms with Crippen molar-refractivity contribution in [1.29, 1.82) is 0 Å². The predicted molar refractivity (Wildman–Crippen MR) is 113 cm³/mol. The molecule has 1 aliphatic heterocycles. The van der Waals surface area contributed by atoms with Crippen LogP contribution < -0.4 is 21.1 Å². The summed E-state index contributed by atoms with van der Waals surface area (Å²) in [5.41, 5.74) is 6.26. The van der Waals surface area contributed by atoms with Crippen LogP contribution in [0.3, 0.4) is 0 Å². The molecule has 0 aliphatic carbocycles. The number of alkyl halides is 3. The van der Waals surface area contributed by atoms with Crippen LogP contribution in [-0.4, -0.2) is 41.8 Å². The molecule has 1 heterocycles. The molecule has 0 aromatic heterocycles. The fourth-order valence-electron chi connectivity index (χ4n) is 3.25. The van der Waals surface area contributed by atoms with Crippen LogP contribution in [0.5, 0.6) is 5.75 Å². The molecular formula is C22H21F3N4O3. The number of carbonyl (C=O) groups excluding carboxylic acids is 2. The predicted octanol–water partition coefficient (Wildman–Crippen LogP) is 3.53. The molecule has 32 heavy (non-hydrogen) atoms. The fraction of sp³-hybridized carbons (Fsp3) is 0.273. The number of urea groups is 1. The number of piperidine rings is 1. The first-order valence-corrected chi connectivity index (χ1v) is 9.67. The number of rotatable bonds is 4. The maximum atomic E-state index is 12.7. The minimum absolute atomic E-state index is 0.121. The summed E-state index contributed by atoms with van der Waals surface area (Å²) in [5, 5.41) is 5.28. The fourth-order valence-corrected chi connectivity index (χ4v) is 3.25. The maximum Gasteiger partial charge on any atom is 0.573 e. The summed E-state index contributed by atoms with van der Waals surface area (Å²) in [6.45, 7) is 0.448. The lowest BCUT2D eigenvalue weighted by Crippen LogP contribution is -2.58. The normalized spacial score (nSPS) is 15.4. The largest absolute Gasteiger partial charge is 0.573 e. The summed E-state index contributed by atoms with van der Waals surface area (Å²) in [6.07, 6.45) is 0.871. The van der Waals surface area contributed by atoms with E-state index in [0.29, 0.717) is 11.3 Å². The van der Waals surface area contributed by atoms with Crippen LogP contribution in [0, 0.1) is 12.3 Å². The zero-order valence-corrected chi connectivity index (χ0v) is 16.9. The molecule has 2 aromatic rings. The third kappa shape index (κ3) is 5.92. The third-order valence-electron chi connectivity index (χ3n) is 5.00. The number of carbonyl (C=O) groups is 2. The number of terminal acetylenes is 1. The number of likely N-dealkylation sites (tertiary alicyclic amines) is 1. The zero-order valence-electron chi connectivity index (χ0n) is 16.9. The number of benzene rings is 2. The van der Waals surface area contributed by atoms with Crippen molar-refractivity contribution in [3.05, 3.63) is 54.1 Å². The second-order valence-electron chi connectivity index (χ2n) is 7.33. The van der Waals surface area contributed by atoms with Crippen LogP contribution in [0.15, 0.2) is 48.5 Å². The molecule has 0 radical (unpaired) electrons. The summed E-state index contributed by atoms with van der Waals surface area (Å²) < 4.78 is 41.0. The van der Waals surface area contributed by atoms with Gasteiger partial charge in [-0.2, -0.15) is 0 Å². The van der Waals surface area contributed by atoms with Gasteiger partial charge in [0, 0.05) is 36.1 Å². The Labute approximate surface area is 182 Å². The topological polar surface area (TPSA) is 96.7 Å². The van der Waals surface area contributed by atoms with Crippen LogP contribution in [0.1, 0.15) is 18.4 Å². The molecule has 3 amide bonds. The van der Waals surface area contributed by atoms with Gasteiger partial charge in [0.2, 0.25) is 5.91 Å². The monoisotopic (exact) mass is 446 g/mol. The Bertz CT molecular complexity index is 1040. The highest BCUT2D eigenvalue weighted by Crippen LogP contribution is 2.27. The quantitative estimate of drug-likeness (QED) is 0.626. The van der Waals surface area contributed by atoms with Crippen LogP contribution in [0.2, 0.25) is 0 Å². The van der Waals surface area contributed by atoms with Gasteiger partial charge in [-0.05, 0) is 43.2 Å². The Hall–Kier alpha value is -3.71. The Morgan fingerprint density at radius 2 is 1.69 bits per heavy atom. The molecule has 1 aliphatic rings. The third-order valence-corrected chi connectivity index (χ3v) is 5.00. The first kappa shape index (κ1) is 23.0. The van der Waals surface area contributed by atoms with E-state index in [-0.39, 0.29) is 37.6 Å². The molecule has 0 atom stereocenters. The van der Waals surface area contributed by atoms with Gasteiger partial charge in [-0.25, -0.2) is 4.79 Å². The van der Waals surface area contributed by atoms with Crippen molar-refractivity contribution in [3.8, 4) is 18.1 Å². The summed E-state index contributed by atoms with van der Waals surface area (Å²) in [7, 11) is 0. The molecular weight excluding hydrogens is 425 g/mol. The molecule has 0 saturated carbocycles. The van der Waals surface area contributed by atoms with Gasteiger partial charge in [0.1, 0.15) is 5.75 Å². The second kappa shape index (κ2) is 9.20. The highest BCUT2D eigenvalue weighted by molar-refractivity contribution is 5.98. The Morgan fingerprint density at radius 3 is 2.31 bits per heavy atom. The van der Waals surface area contributed by atoms with Crippen molar-refractivity contribution in [2.75, 3.05) is 23.7 Å². The molecule has 0 unspecified atom stereocenters. The summed E-state index contributed by atoms with van der Waals surface area (Å²) in [5.74, 6) is 1.48. The van der Waals surface area contributed by atoms with Crippen molar-refractivity contribution in [2.24, 2.45) is 5.73 Å². The minimum atomic E-state index is -4.84. The summed E-state index contributed by atoms with van der Waals surface area (Å²) in [4.78, 5) is 26.7. The molecule has 7 nitrogen and oxygen atoms in total. The van der Waals surface area contributed by atoms with E-state index >= 15 is 0 Å². The highest BCUT2D eigenvalue weighted by atomic mass is 19.4. The van der Waals surface area contributed by atoms with Gasteiger partial charge in [0.15, 0.2) is 0 Å². The smallest absolute Gasteiger partial charge is 0.406 e. The SMILES string of the molecule is C#Cc1cccc(NC(=O)N2CCC(N)(C(=O)Nc3cccc(OC(F)(F)F)c3)CC2)c1. The number of ether oxygens (including phenoxy) is 1. The second-order valence-corrected chi connectivity index (χ2v) is 7.33. The molecule has 1 saturated heterocycles. The average Bonchev–Trinajstić information content (AvgIpc) is 2.73. The molecule has 0 bridgehead atoms. The van der Waals surface area contributed by atoms with Crippen molar-refractivity contribution in [1.82, 2.24) is 4.90 Å². The molecule has 0 spiro atoms. The van der Waals surface area contributed by atoms with Crippen LogP contribution in [0.4, 0.5) is 29.3 Å². The van der Waals surface area contributed by atoms with Crippen molar-refractivity contribution in [3.63, 3.8) is 0 Å². The van der Waals surface area contributed by atoms with E-state index < -0.39 is 23.6 Å². The van der Waals surface area contributed by atoms with Gasteiger partial charge in [-0.1, -0.05) is 18.1 Å². The Kier molecular flexibility index (Phi) is 6.60. The van der Waals surface area contributed by atoms with Gasteiger partial charge in [0.05, 0.1) is 5.54 Å². The first-order chi connectivity index (χ1) is 15.1. The van der Waals surface area contributed by atoms with Gasteiger partial charge in [0.25, 0.3) is 0 Å². The van der Waals surface area contributed by atoms with Crippen molar-refractivity contribution in [2.45, 2.75) is 24.7 Å². The maximum absolute atomic E-state index is 12.7. The highest BCUT2D eigenvalue weighted by Gasteiger charge is 2.39. The van der Waals surface area contributed by atoms with E-state index in [1.54, 1.807) is 24.3 Å². The zero-order chi connectivity index (χ0) is 23.4. The lowest BCUT2D eigenvalue weighted by molar-refractivity contribution is -0.274. The number of nitrogens with one attached hydrogen (secondary N) is 2. The van der Waals surface area contributed by atoms with Crippen LogP contribution >= 0.6 is 0 Å². The lowest BCUT2D eigenvalue weighted by atomic mass is 9.87. The number of hydrogen-bond donors (Lipinski definition) is 3. The van der Waals surface area contributed by atoms with E-state index in [1.165, 1.54) is 17.0 Å². The number of hydrogen-bond acceptors (Lipinski definition) is 4. The van der Waals surface area contributed by atoms with Crippen molar-refractivity contribution >= 4 is 23.3 Å². The molecule has 2 aromatic carbocycles. The van der Waals surface area contributed by atoms with Gasteiger partial charge in [-0.3, -0.25) is 4.79 Å². The summed E-state index contributed by atoms with van der Waals surface area (Å²) >= 11 is 0. The van der Waals surface area contributed by atoms with Crippen molar-refractivity contribution < 1.29 is 27.5 Å². The number of amides is 3. The molecule has 4 N–H and O–H groups in total. The molecule has 168 valence electrons.